The van der Waals surface area contributed by atoms with Crippen molar-refractivity contribution in [3.8, 4) is 28.7 Å². The average molecular weight is 434 g/mol. The number of rotatable bonds is 10. The summed E-state index contributed by atoms with van der Waals surface area (Å²) >= 11 is 0. The Labute approximate surface area is 188 Å². The zero-order valence-electron chi connectivity index (χ0n) is 18.5. The zero-order valence-corrected chi connectivity index (χ0v) is 18.5. The first kappa shape index (κ1) is 22.7. The van der Waals surface area contributed by atoms with Crippen LogP contribution in [0, 0.1) is 0 Å². The van der Waals surface area contributed by atoms with Crippen molar-refractivity contribution in [3.05, 3.63) is 78.4 Å². The fourth-order valence-corrected chi connectivity index (χ4v) is 2.91. The zero-order chi connectivity index (χ0) is 22.8. The van der Waals surface area contributed by atoms with Gasteiger partial charge in [-0.05, 0) is 66.6 Å². The molecule has 3 rings (SSSR count). The number of methoxy groups -OCH3 is 2. The second-order valence-electron chi connectivity index (χ2n) is 6.86. The molecular weight excluding hydrogens is 406 g/mol. The van der Waals surface area contributed by atoms with Crippen LogP contribution >= 0.6 is 0 Å². The lowest BCUT2D eigenvalue weighted by molar-refractivity contribution is -0.111. The number of anilines is 1. The third-order valence-corrected chi connectivity index (χ3v) is 4.50. The fraction of sp³-hybridized carbons (Fsp3) is 0.192. The summed E-state index contributed by atoms with van der Waals surface area (Å²) in [5.74, 6) is 2.99. The largest absolute Gasteiger partial charge is 0.493 e. The Morgan fingerprint density at radius 3 is 2.28 bits per heavy atom. The summed E-state index contributed by atoms with van der Waals surface area (Å²) in [5.41, 5.74) is 1.49. The Kier molecular flexibility index (Phi) is 8.15. The smallest absolute Gasteiger partial charge is 0.248 e. The molecule has 0 aliphatic carbocycles. The monoisotopic (exact) mass is 433 g/mol. The SMILES string of the molecule is CCCOc1ccc(/C=C/C(=O)Nc2ccc(Oc3ccccc3OC)cc2)cc1OC. The normalized spacial score (nSPS) is 10.6. The molecule has 166 valence electrons. The summed E-state index contributed by atoms with van der Waals surface area (Å²) < 4.78 is 22.2. The molecule has 0 aromatic heterocycles. The Hall–Kier alpha value is -3.93. The molecule has 0 radical (unpaired) electrons. The number of carbonyl (C=O) groups is 1. The van der Waals surface area contributed by atoms with Gasteiger partial charge in [-0.25, -0.2) is 0 Å². The molecule has 1 amide bonds. The van der Waals surface area contributed by atoms with E-state index in [9.17, 15) is 4.79 Å². The fourth-order valence-electron chi connectivity index (χ4n) is 2.91. The highest BCUT2D eigenvalue weighted by atomic mass is 16.5. The highest BCUT2D eigenvalue weighted by Crippen LogP contribution is 2.31. The van der Waals surface area contributed by atoms with Gasteiger partial charge in [0.25, 0.3) is 0 Å². The number of ether oxygens (including phenoxy) is 4. The standard InChI is InChI=1S/C26H27NO5/c1-4-17-31-23-15-9-19(18-25(23)30-3)10-16-26(28)27-20-11-13-21(14-12-20)32-24-8-6-5-7-22(24)29-2/h5-16,18H,4,17H2,1-3H3,(H,27,28)/b16-10+. The van der Waals surface area contributed by atoms with Gasteiger partial charge in [0.05, 0.1) is 20.8 Å². The van der Waals surface area contributed by atoms with Gasteiger partial charge in [-0.2, -0.15) is 0 Å². The van der Waals surface area contributed by atoms with Gasteiger partial charge in [0.1, 0.15) is 5.75 Å². The van der Waals surface area contributed by atoms with Crippen molar-refractivity contribution in [2.75, 3.05) is 26.1 Å². The molecule has 6 heteroatoms. The molecule has 1 N–H and O–H groups in total. The summed E-state index contributed by atoms with van der Waals surface area (Å²) in [4.78, 5) is 12.3. The minimum atomic E-state index is -0.242. The second kappa shape index (κ2) is 11.5. The van der Waals surface area contributed by atoms with Crippen LogP contribution in [0.4, 0.5) is 5.69 Å². The van der Waals surface area contributed by atoms with Crippen LogP contribution in [0.5, 0.6) is 28.7 Å². The molecule has 0 aliphatic heterocycles. The molecule has 0 saturated heterocycles. The maximum Gasteiger partial charge on any atom is 0.248 e. The molecule has 0 fully saturated rings. The van der Waals surface area contributed by atoms with Gasteiger partial charge in [0, 0.05) is 11.8 Å². The number of amides is 1. The lowest BCUT2D eigenvalue weighted by atomic mass is 10.2. The number of benzene rings is 3. The van der Waals surface area contributed by atoms with Crippen LogP contribution in [0.3, 0.4) is 0 Å². The molecule has 3 aromatic rings. The summed E-state index contributed by atoms with van der Waals surface area (Å²) in [6.45, 7) is 2.67. The number of hydrogen-bond donors (Lipinski definition) is 1. The molecule has 0 heterocycles. The van der Waals surface area contributed by atoms with E-state index in [4.69, 9.17) is 18.9 Å². The quantitative estimate of drug-likeness (QED) is 0.401. The van der Waals surface area contributed by atoms with E-state index in [1.807, 2.05) is 49.4 Å². The first-order valence-electron chi connectivity index (χ1n) is 10.3. The first-order valence-corrected chi connectivity index (χ1v) is 10.3. The van der Waals surface area contributed by atoms with E-state index < -0.39 is 0 Å². The van der Waals surface area contributed by atoms with Crippen LogP contribution in [0.2, 0.25) is 0 Å². The molecule has 0 bridgehead atoms. The predicted molar refractivity (Wildman–Crippen MR) is 126 cm³/mol. The number of para-hydroxylation sites is 2. The summed E-state index contributed by atoms with van der Waals surface area (Å²) in [6, 6.07) is 20.1. The first-order chi connectivity index (χ1) is 15.6. The lowest BCUT2D eigenvalue weighted by Gasteiger charge is -2.11. The highest BCUT2D eigenvalue weighted by molar-refractivity contribution is 6.02. The van der Waals surface area contributed by atoms with Crippen molar-refractivity contribution in [1.29, 1.82) is 0 Å². The van der Waals surface area contributed by atoms with Crippen molar-refractivity contribution >= 4 is 17.7 Å². The van der Waals surface area contributed by atoms with Gasteiger partial charge in [0.2, 0.25) is 5.91 Å². The molecule has 0 saturated carbocycles. The van der Waals surface area contributed by atoms with Crippen molar-refractivity contribution in [2.45, 2.75) is 13.3 Å². The van der Waals surface area contributed by atoms with Crippen LogP contribution in [-0.4, -0.2) is 26.7 Å². The number of hydrogen-bond acceptors (Lipinski definition) is 5. The van der Waals surface area contributed by atoms with Crippen molar-refractivity contribution in [3.63, 3.8) is 0 Å². The van der Waals surface area contributed by atoms with Gasteiger partial charge in [-0.3, -0.25) is 4.79 Å². The van der Waals surface area contributed by atoms with Gasteiger partial charge < -0.3 is 24.3 Å². The minimum Gasteiger partial charge on any atom is -0.493 e. The summed E-state index contributed by atoms with van der Waals surface area (Å²) in [7, 11) is 3.19. The Morgan fingerprint density at radius 2 is 1.59 bits per heavy atom. The van der Waals surface area contributed by atoms with E-state index in [0.717, 1.165) is 12.0 Å². The van der Waals surface area contributed by atoms with Crippen LogP contribution in [0.1, 0.15) is 18.9 Å². The van der Waals surface area contributed by atoms with Gasteiger partial charge in [-0.15, -0.1) is 0 Å². The summed E-state index contributed by atoms with van der Waals surface area (Å²) in [6.07, 6.45) is 4.11. The molecule has 0 unspecified atom stereocenters. The molecule has 0 atom stereocenters. The maximum absolute atomic E-state index is 12.3. The molecular formula is C26H27NO5. The van der Waals surface area contributed by atoms with E-state index in [0.29, 0.717) is 41.0 Å². The van der Waals surface area contributed by atoms with Crippen molar-refractivity contribution in [2.24, 2.45) is 0 Å². The van der Waals surface area contributed by atoms with Crippen LogP contribution in [0.25, 0.3) is 6.08 Å². The van der Waals surface area contributed by atoms with E-state index >= 15 is 0 Å². The minimum absolute atomic E-state index is 0.242. The number of nitrogens with one attached hydrogen (secondary N) is 1. The molecule has 6 nitrogen and oxygen atoms in total. The van der Waals surface area contributed by atoms with E-state index in [1.54, 1.807) is 44.6 Å². The van der Waals surface area contributed by atoms with Crippen molar-refractivity contribution < 1.29 is 23.7 Å². The third kappa shape index (κ3) is 6.28. The van der Waals surface area contributed by atoms with Gasteiger partial charge in [-0.1, -0.05) is 25.1 Å². The second-order valence-corrected chi connectivity index (χ2v) is 6.86. The van der Waals surface area contributed by atoms with Crippen LogP contribution in [-0.2, 0) is 4.79 Å². The highest BCUT2D eigenvalue weighted by Gasteiger charge is 2.06. The topological polar surface area (TPSA) is 66.0 Å². The van der Waals surface area contributed by atoms with Crippen LogP contribution in [0.15, 0.2) is 72.8 Å². The van der Waals surface area contributed by atoms with Crippen LogP contribution < -0.4 is 24.3 Å². The van der Waals surface area contributed by atoms with E-state index in [2.05, 4.69) is 5.32 Å². The van der Waals surface area contributed by atoms with Gasteiger partial charge >= 0.3 is 0 Å². The van der Waals surface area contributed by atoms with E-state index in [1.165, 1.54) is 6.08 Å². The Bertz CT molecular complexity index is 1060. The molecule has 32 heavy (non-hydrogen) atoms. The Morgan fingerprint density at radius 1 is 0.875 bits per heavy atom. The van der Waals surface area contributed by atoms with E-state index in [-0.39, 0.29) is 5.91 Å². The Balaban J connectivity index is 1.59. The summed E-state index contributed by atoms with van der Waals surface area (Å²) in [5, 5.41) is 2.83. The molecule has 0 aliphatic rings. The average Bonchev–Trinajstić information content (AvgIpc) is 2.83. The number of carbonyl (C=O) groups excluding carboxylic acids is 1. The third-order valence-electron chi connectivity index (χ3n) is 4.50. The van der Waals surface area contributed by atoms with Crippen molar-refractivity contribution in [1.82, 2.24) is 0 Å². The lowest BCUT2D eigenvalue weighted by Crippen LogP contribution is -2.07. The van der Waals surface area contributed by atoms with Gasteiger partial charge in [0.15, 0.2) is 23.0 Å². The predicted octanol–water partition coefficient (Wildman–Crippen LogP) is 5.94. The maximum atomic E-state index is 12.3. The molecule has 0 spiro atoms. The molecule has 3 aromatic carbocycles.